The van der Waals surface area contributed by atoms with Crippen LogP contribution in [0.15, 0.2) is 29.1 Å². The molecule has 1 saturated heterocycles. The van der Waals surface area contributed by atoms with E-state index in [9.17, 15) is 4.79 Å². The number of hydrogen-bond acceptors (Lipinski definition) is 3. The molecule has 0 bridgehead atoms. The number of alkyl halides is 1. The molecule has 0 saturated carbocycles. The van der Waals surface area contributed by atoms with Crippen LogP contribution in [-0.4, -0.2) is 34.6 Å². The van der Waals surface area contributed by atoms with Crippen LogP contribution >= 0.6 is 11.6 Å². The van der Waals surface area contributed by atoms with E-state index in [0.717, 1.165) is 25.0 Å². The number of halogens is 1. The number of rotatable bonds is 2. The quantitative estimate of drug-likeness (QED) is 0.798. The van der Waals surface area contributed by atoms with Crippen molar-refractivity contribution in [3.8, 4) is 0 Å². The van der Waals surface area contributed by atoms with Crippen LogP contribution in [0, 0.1) is 0 Å². The molecule has 2 unspecified atom stereocenters. The number of fused-ring (bicyclic) bond motifs is 1. The van der Waals surface area contributed by atoms with Gasteiger partial charge >= 0.3 is 0 Å². The topological polar surface area (TPSA) is 38.1 Å². The van der Waals surface area contributed by atoms with Crippen molar-refractivity contribution in [2.24, 2.45) is 0 Å². The Morgan fingerprint density at radius 2 is 2.15 bits per heavy atom. The molecule has 1 aromatic carbocycles. The summed E-state index contributed by atoms with van der Waals surface area (Å²) in [6.45, 7) is 3.74. The molecular weight excluding hydrogens is 274 g/mol. The number of para-hydroxylation sites is 1. The fourth-order valence-electron chi connectivity index (χ4n) is 2.92. The predicted molar refractivity (Wildman–Crippen MR) is 81.4 cm³/mol. The molecule has 1 aromatic heterocycles. The Labute approximate surface area is 123 Å². The van der Waals surface area contributed by atoms with Gasteiger partial charge in [0, 0.05) is 6.54 Å². The highest BCUT2D eigenvalue weighted by molar-refractivity contribution is 6.20. The standard InChI is InChI=1S/C15H18ClN3O/c1-10(16)14-17-13-6-4-3-5-12(13)15(20)19(14)11-7-8-18(2)9-11/h3-6,10-11H,7-9H2,1-2H3. The highest BCUT2D eigenvalue weighted by Crippen LogP contribution is 2.26. The number of aromatic nitrogens is 2. The Hall–Kier alpha value is -1.39. The molecule has 0 radical (unpaired) electrons. The van der Waals surface area contributed by atoms with Crippen LogP contribution in [0.2, 0.25) is 0 Å². The highest BCUT2D eigenvalue weighted by atomic mass is 35.5. The molecule has 3 rings (SSSR count). The fourth-order valence-corrected chi connectivity index (χ4v) is 3.07. The fraction of sp³-hybridized carbons (Fsp3) is 0.467. The lowest BCUT2D eigenvalue weighted by atomic mass is 10.2. The van der Waals surface area contributed by atoms with Gasteiger partial charge in [-0.05, 0) is 39.1 Å². The van der Waals surface area contributed by atoms with Crippen molar-refractivity contribution in [3.63, 3.8) is 0 Å². The van der Waals surface area contributed by atoms with Gasteiger partial charge in [0.15, 0.2) is 0 Å². The largest absolute Gasteiger partial charge is 0.304 e. The minimum Gasteiger partial charge on any atom is -0.304 e. The predicted octanol–water partition coefficient (Wildman–Crippen LogP) is 2.57. The van der Waals surface area contributed by atoms with E-state index in [4.69, 9.17) is 11.6 Å². The first-order valence-corrected chi connectivity index (χ1v) is 7.35. The highest BCUT2D eigenvalue weighted by Gasteiger charge is 2.26. The van der Waals surface area contributed by atoms with E-state index < -0.39 is 0 Å². The average Bonchev–Trinajstić information content (AvgIpc) is 2.85. The molecule has 1 aliphatic heterocycles. The van der Waals surface area contributed by atoms with Crippen molar-refractivity contribution in [3.05, 3.63) is 40.4 Å². The second kappa shape index (κ2) is 5.19. The maximum Gasteiger partial charge on any atom is 0.261 e. The molecule has 106 valence electrons. The third kappa shape index (κ3) is 2.23. The molecule has 20 heavy (non-hydrogen) atoms. The van der Waals surface area contributed by atoms with Crippen molar-refractivity contribution in [2.45, 2.75) is 24.8 Å². The molecule has 2 atom stereocenters. The lowest BCUT2D eigenvalue weighted by molar-refractivity contribution is 0.385. The van der Waals surface area contributed by atoms with Gasteiger partial charge in [0.05, 0.1) is 22.3 Å². The molecule has 4 nitrogen and oxygen atoms in total. The summed E-state index contributed by atoms with van der Waals surface area (Å²) in [6, 6.07) is 7.64. The number of likely N-dealkylation sites (N-methyl/N-ethyl adjacent to an activating group) is 1. The van der Waals surface area contributed by atoms with Gasteiger partial charge in [0.25, 0.3) is 5.56 Å². The van der Waals surface area contributed by atoms with E-state index in [-0.39, 0.29) is 17.0 Å². The molecule has 2 aromatic rings. The monoisotopic (exact) mass is 291 g/mol. The second-order valence-electron chi connectivity index (χ2n) is 5.48. The van der Waals surface area contributed by atoms with Gasteiger partial charge in [-0.1, -0.05) is 12.1 Å². The normalized spacial score (nSPS) is 21.4. The molecule has 0 spiro atoms. The van der Waals surface area contributed by atoms with Gasteiger partial charge in [-0.3, -0.25) is 9.36 Å². The maximum atomic E-state index is 12.8. The van der Waals surface area contributed by atoms with Crippen molar-refractivity contribution in [1.29, 1.82) is 0 Å². The van der Waals surface area contributed by atoms with Gasteiger partial charge in [-0.2, -0.15) is 0 Å². The summed E-state index contributed by atoms with van der Waals surface area (Å²) >= 11 is 6.26. The third-order valence-corrected chi connectivity index (χ3v) is 4.12. The van der Waals surface area contributed by atoms with Crippen LogP contribution in [0.1, 0.15) is 30.6 Å². The molecule has 2 heterocycles. The Kier molecular flexibility index (Phi) is 3.52. The zero-order valence-corrected chi connectivity index (χ0v) is 12.5. The number of hydrogen-bond donors (Lipinski definition) is 0. The van der Waals surface area contributed by atoms with Gasteiger partial charge in [-0.15, -0.1) is 11.6 Å². The third-order valence-electron chi connectivity index (χ3n) is 3.92. The first-order chi connectivity index (χ1) is 9.58. The number of benzene rings is 1. The van der Waals surface area contributed by atoms with Crippen LogP contribution in [-0.2, 0) is 0 Å². The molecule has 1 fully saturated rings. The van der Waals surface area contributed by atoms with Crippen molar-refractivity contribution >= 4 is 22.5 Å². The summed E-state index contributed by atoms with van der Waals surface area (Å²) in [5.41, 5.74) is 0.751. The Morgan fingerprint density at radius 1 is 1.40 bits per heavy atom. The summed E-state index contributed by atoms with van der Waals surface area (Å²) in [5.74, 6) is 0.677. The molecule has 0 aliphatic carbocycles. The molecule has 1 aliphatic rings. The van der Waals surface area contributed by atoms with Crippen molar-refractivity contribution in [2.75, 3.05) is 20.1 Å². The summed E-state index contributed by atoms with van der Waals surface area (Å²) in [5, 5.41) is 0.390. The van der Waals surface area contributed by atoms with Gasteiger partial charge in [-0.25, -0.2) is 4.98 Å². The minimum atomic E-state index is -0.279. The van der Waals surface area contributed by atoms with Crippen LogP contribution < -0.4 is 5.56 Å². The van der Waals surface area contributed by atoms with E-state index >= 15 is 0 Å². The Morgan fingerprint density at radius 3 is 2.80 bits per heavy atom. The summed E-state index contributed by atoms with van der Waals surface area (Å²) in [7, 11) is 2.07. The maximum absolute atomic E-state index is 12.8. The Balaban J connectivity index is 2.25. The van der Waals surface area contributed by atoms with E-state index in [1.54, 1.807) is 0 Å². The summed E-state index contributed by atoms with van der Waals surface area (Å²) in [4.78, 5) is 19.6. The van der Waals surface area contributed by atoms with Gasteiger partial charge < -0.3 is 4.90 Å². The lowest BCUT2D eigenvalue weighted by Gasteiger charge is -2.20. The molecule has 0 amide bonds. The Bertz CT molecular complexity index is 695. The van der Waals surface area contributed by atoms with Crippen LogP contribution in [0.4, 0.5) is 0 Å². The van der Waals surface area contributed by atoms with Gasteiger partial charge in [0.2, 0.25) is 0 Å². The molecule has 5 heteroatoms. The van der Waals surface area contributed by atoms with Gasteiger partial charge in [0.1, 0.15) is 5.82 Å². The first kappa shape index (κ1) is 13.6. The first-order valence-electron chi connectivity index (χ1n) is 6.91. The summed E-state index contributed by atoms with van der Waals surface area (Å²) < 4.78 is 1.81. The number of nitrogens with zero attached hydrogens (tertiary/aromatic N) is 3. The van der Waals surface area contributed by atoms with Crippen LogP contribution in [0.25, 0.3) is 10.9 Å². The van der Waals surface area contributed by atoms with E-state index in [1.807, 2.05) is 35.8 Å². The van der Waals surface area contributed by atoms with E-state index in [0.29, 0.717) is 11.2 Å². The average molecular weight is 292 g/mol. The minimum absolute atomic E-state index is 0.0263. The SMILES string of the molecule is CC(Cl)c1nc2ccccc2c(=O)n1C1CCN(C)C1. The van der Waals surface area contributed by atoms with E-state index in [2.05, 4.69) is 16.9 Å². The van der Waals surface area contributed by atoms with Crippen LogP contribution in [0.5, 0.6) is 0 Å². The number of likely N-dealkylation sites (tertiary alicyclic amines) is 1. The smallest absolute Gasteiger partial charge is 0.261 e. The zero-order valence-electron chi connectivity index (χ0n) is 11.7. The molecule has 0 N–H and O–H groups in total. The second-order valence-corrected chi connectivity index (χ2v) is 6.14. The lowest BCUT2D eigenvalue weighted by Crippen LogP contribution is -2.31. The van der Waals surface area contributed by atoms with Crippen molar-refractivity contribution in [1.82, 2.24) is 14.5 Å². The molecular formula is C15H18ClN3O. The zero-order chi connectivity index (χ0) is 14.3. The van der Waals surface area contributed by atoms with E-state index in [1.165, 1.54) is 0 Å². The van der Waals surface area contributed by atoms with Crippen molar-refractivity contribution < 1.29 is 0 Å². The van der Waals surface area contributed by atoms with Crippen LogP contribution in [0.3, 0.4) is 0 Å². The summed E-state index contributed by atoms with van der Waals surface area (Å²) in [6.07, 6.45) is 0.965.